The van der Waals surface area contributed by atoms with Crippen LogP contribution >= 0.6 is 67.8 Å². The minimum Gasteiger partial charge on any atom is -0.478 e. The molecule has 1 saturated carbocycles. The number of rotatable bonds is 2. The summed E-state index contributed by atoms with van der Waals surface area (Å²) in [5.41, 5.74) is 12.6. The van der Waals surface area contributed by atoms with Crippen LogP contribution in [0.4, 0.5) is 5.69 Å². The number of guanidine groups is 2. The quantitative estimate of drug-likeness (QED) is 0.416. The smallest absolute Gasteiger partial charge is 0.337 e. The standard InChI is InChI=1S/C15H16I3N5O2/c16-7-6-8(17)11(10(18)9(7)12(24)25)23-14(20)21-13(19)22-15(23)4-2-1-3-5-15/h6H,1-5H2,(H,24,25)(H4,19,20,21,22). The van der Waals surface area contributed by atoms with Crippen molar-refractivity contribution in [3.05, 3.63) is 22.3 Å². The monoisotopic (exact) mass is 679 g/mol. The van der Waals surface area contributed by atoms with Crippen molar-refractivity contribution in [2.75, 3.05) is 4.90 Å². The van der Waals surface area contributed by atoms with Crippen LogP contribution in [0.3, 0.4) is 0 Å². The number of aromatic carboxylic acids is 1. The van der Waals surface area contributed by atoms with Crippen LogP contribution in [0.2, 0.25) is 0 Å². The first-order chi connectivity index (χ1) is 11.8. The number of carboxylic acid groups (broad SMARTS) is 1. The van der Waals surface area contributed by atoms with Crippen molar-refractivity contribution >= 4 is 91.3 Å². The third-order valence-corrected chi connectivity index (χ3v) is 7.16. The molecule has 1 aliphatic heterocycles. The summed E-state index contributed by atoms with van der Waals surface area (Å²) in [5, 5.41) is 9.63. The van der Waals surface area contributed by atoms with Gasteiger partial charge < -0.3 is 16.6 Å². The molecule has 1 heterocycles. The van der Waals surface area contributed by atoms with Crippen LogP contribution in [0.15, 0.2) is 16.1 Å². The fraction of sp³-hybridized carbons (Fsp3) is 0.400. The molecular formula is C15H16I3N5O2. The van der Waals surface area contributed by atoms with E-state index in [4.69, 9.17) is 11.5 Å². The number of hydrogen-bond donors (Lipinski definition) is 3. The molecule has 0 radical (unpaired) electrons. The van der Waals surface area contributed by atoms with E-state index < -0.39 is 11.6 Å². The molecule has 25 heavy (non-hydrogen) atoms. The lowest BCUT2D eigenvalue weighted by Crippen LogP contribution is -2.58. The van der Waals surface area contributed by atoms with Crippen molar-refractivity contribution in [2.24, 2.45) is 21.5 Å². The Bertz CT molecular complexity index is 803. The topological polar surface area (TPSA) is 117 Å². The molecule has 7 nitrogen and oxygen atoms in total. The van der Waals surface area contributed by atoms with Crippen molar-refractivity contribution in [3.63, 3.8) is 0 Å². The second-order valence-corrected chi connectivity index (χ2v) is 9.40. The Kier molecular flexibility index (Phi) is 5.68. The molecule has 5 N–H and O–H groups in total. The lowest BCUT2D eigenvalue weighted by molar-refractivity contribution is 0.0694. The lowest BCUT2D eigenvalue weighted by atomic mass is 9.87. The van der Waals surface area contributed by atoms with Crippen molar-refractivity contribution in [1.29, 1.82) is 0 Å². The lowest BCUT2D eigenvalue weighted by Gasteiger charge is -2.46. The maximum atomic E-state index is 11.8. The highest BCUT2D eigenvalue weighted by Crippen LogP contribution is 2.44. The summed E-state index contributed by atoms with van der Waals surface area (Å²) in [4.78, 5) is 22.5. The summed E-state index contributed by atoms with van der Waals surface area (Å²) in [6.45, 7) is 0. The number of benzene rings is 1. The Hall–Kier alpha value is -0.380. The Morgan fingerprint density at radius 3 is 2.40 bits per heavy atom. The van der Waals surface area contributed by atoms with Crippen molar-refractivity contribution < 1.29 is 9.90 Å². The summed E-state index contributed by atoms with van der Waals surface area (Å²) in [7, 11) is 0. The Balaban J connectivity index is 2.25. The molecule has 1 aromatic carbocycles. The fourth-order valence-electron chi connectivity index (χ4n) is 3.43. The van der Waals surface area contributed by atoms with Crippen LogP contribution in [-0.4, -0.2) is 28.7 Å². The number of anilines is 1. The number of carbonyl (C=O) groups is 1. The first-order valence-corrected chi connectivity index (χ1v) is 10.9. The van der Waals surface area contributed by atoms with Gasteiger partial charge in [0.2, 0.25) is 11.9 Å². The molecule has 1 spiro atoms. The second kappa shape index (κ2) is 7.32. The van der Waals surface area contributed by atoms with Gasteiger partial charge in [0.05, 0.1) is 14.8 Å². The van der Waals surface area contributed by atoms with Gasteiger partial charge in [0.15, 0.2) is 0 Å². The molecule has 0 saturated heterocycles. The van der Waals surface area contributed by atoms with E-state index in [2.05, 4.69) is 77.8 Å². The minimum atomic E-state index is -0.959. The molecule has 0 amide bonds. The molecule has 3 rings (SSSR count). The highest BCUT2D eigenvalue weighted by molar-refractivity contribution is 14.1. The van der Waals surface area contributed by atoms with Gasteiger partial charge in [0, 0.05) is 7.14 Å². The van der Waals surface area contributed by atoms with Crippen LogP contribution in [-0.2, 0) is 0 Å². The molecule has 0 bridgehead atoms. The third kappa shape index (κ3) is 3.44. The second-order valence-electron chi connectivity index (χ2n) is 6.00. The van der Waals surface area contributed by atoms with E-state index in [1.54, 1.807) is 0 Å². The summed E-state index contributed by atoms with van der Waals surface area (Å²) in [5.74, 6) is -0.507. The zero-order valence-corrected chi connectivity index (χ0v) is 19.6. The molecule has 1 aromatic rings. The summed E-state index contributed by atoms with van der Waals surface area (Å²) in [6.07, 6.45) is 4.80. The third-order valence-electron chi connectivity index (χ3n) is 4.43. The Labute approximate surface area is 186 Å². The van der Waals surface area contributed by atoms with Crippen molar-refractivity contribution in [3.8, 4) is 0 Å². The highest BCUT2D eigenvalue weighted by atomic mass is 127. The Morgan fingerprint density at radius 1 is 1.16 bits per heavy atom. The highest BCUT2D eigenvalue weighted by Gasteiger charge is 2.44. The van der Waals surface area contributed by atoms with Crippen molar-refractivity contribution in [1.82, 2.24) is 0 Å². The zero-order chi connectivity index (χ0) is 18.4. The van der Waals surface area contributed by atoms with Crippen LogP contribution in [0.1, 0.15) is 42.5 Å². The molecule has 2 aliphatic rings. The number of halogens is 3. The number of hydrogen-bond acceptors (Lipinski definition) is 6. The molecular weight excluding hydrogens is 663 g/mol. The molecule has 1 aliphatic carbocycles. The van der Waals surface area contributed by atoms with Crippen LogP contribution in [0.25, 0.3) is 0 Å². The number of carboxylic acids is 1. The molecule has 0 atom stereocenters. The maximum absolute atomic E-state index is 11.8. The van der Waals surface area contributed by atoms with Gasteiger partial charge in [-0.05, 0) is 99.5 Å². The minimum absolute atomic E-state index is 0.185. The zero-order valence-electron chi connectivity index (χ0n) is 13.1. The van der Waals surface area contributed by atoms with E-state index in [0.717, 1.165) is 41.4 Å². The van der Waals surface area contributed by atoms with Gasteiger partial charge in [0.25, 0.3) is 0 Å². The van der Waals surface area contributed by atoms with Gasteiger partial charge in [-0.15, -0.1) is 0 Å². The molecule has 134 valence electrons. The normalized spacial score (nSPS) is 19.6. The van der Waals surface area contributed by atoms with Gasteiger partial charge in [-0.2, -0.15) is 4.99 Å². The fourth-order valence-corrected chi connectivity index (χ4v) is 7.74. The molecule has 0 aromatic heterocycles. The maximum Gasteiger partial charge on any atom is 0.337 e. The van der Waals surface area contributed by atoms with Gasteiger partial charge in [-0.1, -0.05) is 6.42 Å². The van der Waals surface area contributed by atoms with E-state index in [1.165, 1.54) is 0 Å². The van der Waals surface area contributed by atoms with Gasteiger partial charge in [-0.25, -0.2) is 9.79 Å². The predicted molar refractivity (Wildman–Crippen MR) is 123 cm³/mol. The average Bonchev–Trinajstić information content (AvgIpc) is 2.49. The van der Waals surface area contributed by atoms with Crippen LogP contribution in [0.5, 0.6) is 0 Å². The average molecular weight is 679 g/mol. The summed E-state index contributed by atoms with van der Waals surface area (Å²) in [6, 6.07) is 1.85. The van der Waals surface area contributed by atoms with E-state index in [9.17, 15) is 9.90 Å². The first kappa shape index (κ1) is 19.4. The van der Waals surface area contributed by atoms with E-state index in [1.807, 2.05) is 11.0 Å². The summed E-state index contributed by atoms with van der Waals surface area (Å²) < 4.78 is 2.24. The van der Waals surface area contributed by atoms with Gasteiger partial charge >= 0.3 is 5.97 Å². The van der Waals surface area contributed by atoms with E-state index >= 15 is 0 Å². The number of aliphatic imine (C=N–C) groups is 2. The van der Waals surface area contributed by atoms with Crippen LogP contribution in [0, 0.1) is 10.7 Å². The molecule has 0 unspecified atom stereocenters. The first-order valence-electron chi connectivity index (χ1n) is 7.67. The largest absolute Gasteiger partial charge is 0.478 e. The summed E-state index contributed by atoms with van der Waals surface area (Å²) >= 11 is 6.35. The molecule has 1 fully saturated rings. The molecule has 10 heteroatoms. The number of nitrogens with two attached hydrogens (primary N) is 2. The number of nitrogens with zero attached hydrogens (tertiary/aromatic N) is 3. The van der Waals surface area contributed by atoms with Crippen LogP contribution < -0.4 is 16.4 Å². The predicted octanol–water partition coefficient (Wildman–Crippen LogP) is 3.31. The Morgan fingerprint density at radius 2 is 1.80 bits per heavy atom. The van der Waals surface area contributed by atoms with E-state index in [-0.39, 0.29) is 17.5 Å². The van der Waals surface area contributed by atoms with Crippen molar-refractivity contribution in [2.45, 2.75) is 37.8 Å². The SMILES string of the molecule is NC1=NC2(CCCCC2)N(c2c(I)cc(I)c(C(=O)O)c2I)C(N)=N1. The van der Waals surface area contributed by atoms with Gasteiger partial charge in [-0.3, -0.25) is 4.90 Å². The van der Waals surface area contributed by atoms with E-state index in [0.29, 0.717) is 7.14 Å². The van der Waals surface area contributed by atoms with Gasteiger partial charge in [0.1, 0.15) is 5.66 Å².